The fourth-order valence-corrected chi connectivity index (χ4v) is 4.45. The molecule has 2 aromatic rings. The lowest BCUT2D eigenvalue weighted by Crippen LogP contribution is -2.19. The molecule has 1 amide bonds. The third-order valence-electron chi connectivity index (χ3n) is 4.20. The lowest BCUT2D eigenvalue weighted by atomic mass is 9.86. The van der Waals surface area contributed by atoms with Crippen LogP contribution in [0.1, 0.15) is 53.4 Å². The van der Waals surface area contributed by atoms with E-state index in [2.05, 4.69) is 12.2 Å². The third-order valence-corrected chi connectivity index (χ3v) is 5.39. The van der Waals surface area contributed by atoms with Crippen molar-refractivity contribution >= 4 is 28.4 Å². The minimum absolute atomic E-state index is 0.278. The van der Waals surface area contributed by atoms with Crippen LogP contribution in [-0.2, 0) is 11.2 Å². The number of ether oxygens (including phenoxy) is 2. The van der Waals surface area contributed by atoms with E-state index < -0.39 is 6.09 Å². The Hall–Kier alpha value is -2.34. The van der Waals surface area contributed by atoms with Crippen LogP contribution in [0.4, 0.5) is 9.80 Å². The molecule has 0 saturated carbocycles. The lowest BCUT2D eigenvalue weighted by Gasteiger charge is -2.19. The third kappa shape index (κ3) is 3.85. The quantitative estimate of drug-likeness (QED) is 0.782. The number of esters is 1. The summed E-state index contributed by atoms with van der Waals surface area (Å²) < 4.78 is 10.5. The topological polar surface area (TPSA) is 64.6 Å². The second-order valence-electron chi connectivity index (χ2n) is 5.98. The van der Waals surface area contributed by atoms with Crippen molar-refractivity contribution in [2.75, 3.05) is 11.9 Å². The summed E-state index contributed by atoms with van der Waals surface area (Å²) in [6, 6.07) is 8.83. The number of nitrogens with one attached hydrogen (secondary N) is 1. The Kier molecular flexibility index (Phi) is 5.38. The Bertz CT molecular complexity index is 769. The van der Waals surface area contributed by atoms with Gasteiger partial charge in [0.05, 0.1) is 12.2 Å². The highest BCUT2D eigenvalue weighted by Gasteiger charge is 2.31. The summed E-state index contributed by atoms with van der Waals surface area (Å²) in [6.45, 7) is 4.18. The number of amides is 1. The van der Waals surface area contributed by atoms with E-state index in [0.717, 1.165) is 29.7 Å². The van der Waals surface area contributed by atoms with Crippen molar-refractivity contribution < 1.29 is 19.1 Å². The summed E-state index contributed by atoms with van der Waals surface area (Å²) in [6.07, 6.45) is 2.43. The van der Waals surface area contributed by atoms with E-state index in [1.165, 1.54) is 11.3 Å². The molecule has 5 nitrogen and oxygen atoms in total. The number of fused-ring (bicyclic) bond motifs is 1. The van der Waals surface area contributed by atoms with Crippen molar-refractivity contribution in [1.82, 2.24) is 0 Å². The van der Waals surface area contributed by atoms with Crippen LogP contribution < -0.4 is 10.1 Å². The van der Waals surface area contributed by atoms with E-state index in [4.69, 9.17) is 9.47 Å². The highest BCUT2D eigenvalue weighted by molar-refractivity contribution is 7.17. The molecule has 1 heterocycles. The fraction of sp³-hybridized carbons (Fsp3) is 0.368. The Morgan fingerprint density at radius 1 is 1.28 bits per heavy atom. The smallest absolute Gasteiger partial charge is 0.417 e. The zero-order chi connectivity index (χ0) is 17.8. The molecule has 1 aromatic carbocycles. The van der Waals surface area contributed by atoms with Crippen molar-refractivity contribution in [3.63, 3.8) is 0 Å². The van der Waals surface area contributed by atoms with E-state index in [1.807, 2.05) is 6.07 Å². The molecule has 1 N–H and O–H groups in total. The first-order valence-electron chi connectivity index (χ1n) is 8.46. The molecule has 0 unspecified atom stereocenters. The molecule has 1 atom stereocenters. The maximum atomic E-state index is 12.5. The van der Waals surface area contributed by atoms with Gasteiger partial charge in [0.15, 0.2) is 0 Å². The van der Waals surface area contributed by atoms with Gasteiger partial charge in [-0.1, -0.05) is 25.1 Å². The van der Waals surface area contributed by atoms with Gasteiger partial charge in [0.2, 0.25) is 0 Å². The van der Waals surface area contributed by atoms with E-state index in [1.54, 1.807) is 31.2 Å². The molecule has 132 valence electrons. The monoisotopic (exact) mass is 359 g/mol. The van der Waals surface area contributed by atoms with E-state index >= 15 is 0 Å². The van der Waals surface area contributed by atoms with Crippen molar-refractivity contribution in [2.45, 2.75) is 39.0 Å². The van der Waals surface area contributed by atoms with Crippen molar-refractivity contribution in [1.29, 1.82) is 0 Å². The summed E-state index contributed by atoms with van der Waals surface area (Å²) >= 11 is 1.45. The van der Waals surface area contributed by atoms with Crippen LogP contribution in [0.3, 0.4) is 0 Å². The highest BCUT2D eigenvalue weighted by atomic mass is 32.1. The second kappa shape index (κ2) is 7.70. The zero-order valence-corrected chi connectivity index (χ0v) is 15.2. The molecule has 1 aliphatic rings. The van der Waals surface area contributed by atoms with E-state index in [-0.39, 0.29) is 11.9 Å². The maximum absolute atomic E-state index is 12.5. The Morgan fingerprint density at radius 3 is 2.76 bits per heavy atom. The Morgan fingerprint density at radius 2 is 2.04 bits per heavy atom. The number of rotatable bonds is 4. The number of hydrogen-bond acceptors (Lipinski definition) is 5. The number of anilines is 1. The van der Waals surface area contributed by atoms with Gasteiger partial charge in [-0.05, 0) is 49.8 Å². The molecule has 25 heavy (non-hydrogen) atoms. The molecule has 0 radical (unpaired) electrons. The minimum atomic E-state index is -0.608. The number of carbonyl (C=O) groups excluding carboxylic acids is 2. The number of thiophene rings is 1. The van der Waals surface area contributed by atoms with Gasteiger partial charge >= 0.3 is 12.1 Å². The summed E-state index contributed by atoms with van der Waals surface area (Å²) in [4.78, 5) is 25.9. The second-order valence-corrected chi connectivity index (χ2v) is 7.09. The molecule has 0 saturated heterocycles. The van der Waals surface area contributed by atoms with Crippen LogP contribution in [-0.4, -0.2) is 18.7 Å². The molecular formula is C19H21NO4S. The number of aryl methyl sites for hydroxylation is 1. The molecule has 6 heteroatoms. The average molecular weight is 359 g/mol. The Labute approximate surface area is 151 Å². The molecule has 0 spiro atoms. The molecular weight excluding hydrogens is 338 g/mol. The maximum Gasteiger partial charge on any atom is 0.417 e. The number of hydrogen-bond donors (Lipinski definition) is 1. The average Bonchev–Trinajstić information content (AvgIpc) is 2.95. The standard InChI is InChI=1S/C19H21NO4S/c1-3-23-18(21)16-15-12(2)8-7-11-14(15)25-17(16)20-19(22)24-13-9-5-4-6-10-13/h4-6,9-10,12H,3,7-8,11H2,1-2H3,(H,20,22)/t12-/m0/s1. The van der Waals surface area contributed by atoms with Gasteiger partial charge in [0.1, 0.15) is 10.8 Å². The van der Waals surface area contributed by atoms with E-state index in [0.29, 0.717) is 22.9 Å². The SMILES string of the molecule is CCOC(=O)c1c(NC(=O)Oc2ccccc2)sc2c1[C@@H](C)CCC2. The molecule has 0 fully saturated rings. The Balaban J connectivity index is 1.87. The van der Waals surface area contributed by atoms with Crippen molar-refractivity contribution in [3.8, 4) is 5.75 Å². The number of benzene rings is 1. The van der Waals surface area contributed by atoms with Crippen LogP contribution >= 0.6 is 11.3 Å². The fourth-order valence-electron chi connectivity index (χ4n) is 3.12. The largest absolute Gasteiger partial charge is 0.462 e. The van der Waals surface area contributed by atoms with Gasteiger partial charge in [-0.25, -0.2) is 9.59 Å². The number of para-hydroxylation sites is 1. The summed E-state index contributed by atoms with van der Waals surface area (Å²) in [5.41, 5.74) is 1.50. The van der Waals surface area contributed by atoms with Gasteiger partial charge in [-0.2, -0.15) is 0 Å². The first-order valence-corrected chi connectivity index (χ1v) is 9.28. The normalized spacial score (nSPS) is 16.0. The zero-order valence-electron chi connectivity index (χ0n) is 14.3. The first kappa shape index (κ1) is 17.5. The summed E-state index contributed by atoms with van der Waals surface area (Å²) in [5, 5.41) is 3.24. The highest BCUT2D eigenvalue weighted by Crippen LogP contribution is 2.43. The van der Waals surface area contributed by atoms with Crippen LogP contribution in [0.5, 0.6) is 5.75 Å². The molecule has 3 rings (SSSR count). The summed E-state index contributed by atoms with van der Waals surface area (Å²) in [7, 11) is 0. The number of carbonyl (C=O) groups is 2. The predicted molar refractivity (Wildman–Crippen MR) is 97.7 cm³/mol. The van der Waals surface area contributed by atoms with Gasteiger partial charge in [0, 0.05) is 4.88 Å². The van der Waals surface area contributed by atoms with Crippen LogP contribution in [0, 0.1) is 0 Å². The molecule has 1 aliphatic carbocycles. The predicted octanol–water partition coefficient (Wildman–Crippen LogP) is 4.98. The lowest BCUT2D eigenvalue weighted by molar-refractivity contribution is 0.0526. The van der Waals surface area contributed by atoms with Gasteiger partial charge < -0.3 is 9.47 Å². The molecule has 0 aliphatic heterocycles. The molecule has 1 aromatic heterocycles. The van der Waals surface area contributed by atoms with Crippen molar-refractivity contribution in [2.24, 2.45) is 0 Å². The summed E-state index contributed by atoms with van der Waals surface area (Å²) in [5.74, 6) is 0.344. The van der Waals surface area contributed by atoms with Crippen LogP contribution in [0.25, 0.3) is 0 Å². The van der Waals surface area contributed by atoms with Gasteiger partial charge in [-0.3, -0.25) is 5.32 Å². The molecule has 0 bridgehead atoms. The van der Waals surface area contributed by atoms with Crippen molar-refractivity contribution in [3.05, 3.63) is 46.3 Å². The van der Waals surface area contributed by atoms with Crippen LogP contribution in [0.15, 0.2) is 30.3 Å². The minimum Gasteiger partial charge on any atom is -0.462 e. The first-order chi connectivity index (χ1) is 12.1. The van der Waals surface area contributed by atoms with Crippen LogP contribution in [0.2, 0.25) is 0 Å². The van der Waals surface area contributed by atoms with E-state index in [9.17, 15) is 9.59 Å². The van der Waals surface area contributed by atoms with Gasteiger partial charge in [0.25, 0.3) is 0 Å². The van der Waals surface area contributed by atoms with Gasteiger partial charge in [-0.15, -0.1) is 11.3 Å².